The Morgan fingerprint density at radius 2 is 1.88 bits per heavy atom. The van der Waals surface area contributed by atoms with E-state index in [1.165, 1.54) is 5.69 Å². The van der Waals surface area contributed by atoms with Gasteiger partial charge in [-0.3, -0.25) is 9.78 Å². The van der Waals surface area contributed by atoms with E-state index in [1.807, 2.05) is 24.5 Å². The van der Waals surface area contributed by atoms with Crippen molar-refractivity contribution >= 4 is 11.6 Å². The summed E-state index contributed by atoms with van der Waals surface area (Å²) in [5.74, 6) is 0.148. The summed E-state index contributed by atoms with van der Waals surface area (Å²) in [4.78, 5) is 19.4. The van der Waals surface area contributed by atoms with E-state index < -0.39 is 0 Å². The number of piperidine rings is 1. The number of aromatic nitrogens is 1. The topological polar surface area (TPSA) is 74.7 Å². The summed E-state index contributed by atoms with van der Waals surface area (Å²) in [6, 6.07) is 4.13. The number of amides is 1. The van der Waals surface area contributed by atoms with E-state index >= 15 is 0 Å². The highest BCUT2D eigenvalue weighted by Crippen LogP contribution is 2.49. The molecular formula is C20H29N3O3. The van der Waals surface area contributed by atoms with Crippen molar-refractivity contribution in [1.29, 1.82) is 0 Å². The van der Waals surface area contributed by atoms with E-state index in [9.17, 15) is 9.90 Å². The number of carbonyl (C=O) groups excluding carboxylic acids is 1. The first-order chi connectivity index (χ1) is 12.5. The maximum Gasteiger partial charge on any atom is 0.226 e. The number of ether oxygens (including phenoxy) is 1. The number of pyridine rings is 1. The molecule has 6 heteroatoms. The van der Waals surface area contributed by atoms with Crippen molar-refractivity contribution in [2.24, 2.45) is 10.8 Å². The van der Waals surface area contributed by atoms with Crippen LogP contribution >= 0.6 is 0 Å². The Bertz CT molecular complexity index is 637. The molecule has 1 saturated carbocycles. The fraction of sp³-hybridized carbons (Fsp3) is 0.700. The molecule has 142 valence electrons. The molecule has 2 N–H and O–H groups in total. The molecule has 0 aromatic carbocycles. The molecule has 26 heavy (non-hydrogen) atoms. The van der Waals surface area contributed by atoms with Crippen molar-refractivity contribution in [1.82, 2.24) is 10.3 Å². The number of hydrogen-bond acceptors (Lipinski definition) is 5. The molecule has 2 atom stereocenters. The second-order valence-electron chi connectivity index (χ2n) is 8.38. The molecule has 6 nitrogen and oxygen atoms in total. The van der Waals surface area contributed by atoms with Gasteiger partial charge in [-0.1, -0.05) is 6.92 Å². The largest absolute Gasteiger partial charge is 0.392 e. The normalized spacial score (nSPS) is 29.8. The predicted molar refractivity (Wildman–Crippen MR) is 98.8 cm³/mol. The predicted octanol–water partition coefficient (Wildman–Crippen LogP) is 1.73. The zero-order valence-corrected chi connectivity index (χ0v) is 15.5. The van der Waals surface area contributed by atoms with Crippen molar-refractivity contribution in [3.63, 3.8) is 0 Å². The van der Waals surface area contributed by atoms with Gasteiger partial charge in [-0.15, -0.1) is 0 Å². The molecule has 1 aromatic rings. The minimum Gasteiger partial charge on any atom is -0.392 e. The van der Waals surface area contributed by atoms with E-state index in [0.717, 1.165) is 38.8 Å². The zero-order valence-electron chi connectivity index (χ0n) is 15.5. The highest BCUT2D eigenvalue weighted by Gasteiger charge is 2.56. The number of hydrogen-bond donors (Lipinski definition) is 2. The zero-order chi connectivity index (χ0) is 18.2. The Kier molecular flexibility index (Phi) is 4.65. The van der Waals surface area contributed by atoms with Gasteiger partial charge in [0.2, 0.25) is 5.91 Å². The number of nitrogens with one attached hydrogen (secondary N) is 1. The number of aliphatic hydroxyl groups excluding tert-OH is 1. The second kappa shape index (κ2) is 6.82. The number of nitrogens with zero attached hydrogens (tertiary/aromatic N) is 2. The average molecular weight is 359 g/mol. The molecule has 0 unspecified atom stereocenters. The van der Waals surface area contributed by atoms with Gasteiger partial charge in [0.15, 0.2) is 0 Å². The van der Waals surface area contributed by atoms with Gasteiger partial charge in [0.25, 0.3) is 0 Å². The van der Waals surface area contributed by atoms with Gasteiger partial charge in [-0.25, -0.2) is 0 Å². The van der Waals surface area contributed by atoms with Gasteiger partial charge >= 0.3 is 0 Å². The molecule has 1 aliphatic carbocycles. The molecule has 2 saturated heterocycles. The van der Waals surface area contributed by atoms with Gasteiger partial charge in [-0.2, -0.15) is 0 Å². The highest BCUT2D eigenvalue weighted by molar-refractivity contribution is 5.83. The lowest BCUT2D eigenvalue weighted by Crippen LogP contribution is -2.67. The Morgan fingerprint density at radius 1 is 1.23 bits per heavy atom. The first kappa shape index (κ1) is 17.7. The average Bonchev–Trinajstić information content (AvgIpc) is 2.69. The minimum atomic E-state index is -0.337. The second-order valence-corrected chi connectivity index (χ2v) is 8.38. The summed E-state index contributed by atoms with van der Waals surface area (Å²) in [5.41, 5.74) is 0.670. The lowest BCUT2D eigenvalue weighted by molar-refractivity contribution is -0.160. The summed E-state index contributed by atoms with van der Waals surface area (Å²) in [6.07, 6.45) is 7.34. The highest BCUT2D eigenvalue weighted by atomic mass is 16.5. The summed E-state index contributed by atoms with van der Waals surface area (Å²) in [7, 11) is 0. The third kappa shape index (κ3) is 2.99. The Hall–Kier alpha value is -1.66. The molecule has 4 rings (SSSR count). The monoisotopic (exact) mass is 359 g/mol. The smallest absolute Gasteiger partial charge is 0.226 e. The van der Waals surface area contributed by atoms with Crippen LogP contribution in [0.1, 0.15) is 39.0 Å². The van der Waals surface area contributed by atoms with Crippen LogP contribution in [0.25, 0.3) is 0 Å². The van der Waals surface area contributed by atoms with Crippen molar-refractivity contribution in [3.8, 4) is 0 Å². The van der Waals surface area contributed by atoms with E-state index in [-0.39, 0.29) is 28.9 Å². The van der Waals surface area contributed by atoms with Gasteiger partial charge in [0.05, 0.1) is 6.10 Å². The Balaban J connectivity index is 1.36. The first-order valence-corrected chi connectivity index (χ1v) is 9.75. The maximum atomic E-state index is 13.0. The molecule has 3 aliphatic rings. The number of anilines is 1. The van der Waals surface area contributed by atoms with Crippen LogP contribution in [0.15, 0.2) is 24.5 Å². The van der Waals surface area contributed by atoms with Gasteiger partial charge < -0.3 is 20.1 Å². The van der Waals surface area contributed by atoms with Crippen LogP contribution in [0.5, 0.6) is 0 Å². The van der Waals surface area contributed by atoms with Crippen molar-refractivity contribution in [2.45, 2.75) is 51.2 Å². The van der Waals surface area contributed by atoms with E-state index in [2.05, 4.69) is 22.1 Å². The van der Waals surface area contributed by atoms with Crippen LogP contribution in [0.3, 0.4) is 0 Å². The SMILES string of the molecule is CC1(C(=O)N[C@@H]2C[C@@H](O)C23CCOCC3)CCN(c2ccncc2)CC1. The van der Waals surface area contributed by atoms with E-state index in [0.29, 0.717) is 19.6 Å². The molecule has 3 fully saturated rings. The third-order valence-corrected chi connectivity index (χ3v) is 6.99. The number of aliphatic hydroxyl groups is 1. The molecule has 1 aromatic heterocycles. The molecule has 0 bridgehead atoms. The van der Waals surface area contributed by atoms with Crippen LogP contribution in [0.2, 0.25) is 0 Å². The quantitative estimate of drug-likeness (QED) is 0.860. The van der Waals surface area contributed by atoms with Crippen molar-refractivity contribution in [3.05, 3.63) is 24.5 Å². The molecule has 3 heterocycles. The van der Waals surface area contributed by atoms with E-state index in [1.54, 1.807) is 0 Å². The lowest BCUT2D eigenvalue weighted by Gasteiger charge is -2.56. The van der Waals surface area contributed by atoms with Crippen LogP contribution in [-0.4, -0.2) is 54.4 Å². The van der Waals surface area contributed by atoms with E-state index in [4.69, 9.17) is 4.74 Å². The Labute approximate surface area is 154 Å². The van der Waals surface area contributed by atoms with Crippen molar-refractivity contribution < 1.29 is 14.6 Å². The van der Waals surface area contributed by atoms with Crippen LogP contribution in [0, 0.1) is 10.8 Å². The van der Waals surface area contributed by atoms with Crippen molar-refractivity contribution in [2.75, 3.05) is 31.2 Å². The minimum absolute atomic E-state index is 0.0870. The summed E-state index contributed by atoms with van der Waals surface area (Å²) in [6.45, 7) is 5.20. The molecular weight excluding hydrogens is 330 g/mol. The fourth-order valence-electron chi connectivity index (χ4n) is 4.77. The number of carbonyl (C=O) groups is 1. The first-order valence-electron chi connectivity index (χ1n) is 9.75. The maximum absolute atomic E-state index is 13.0. The Morgan fingerprint density at radius 3 is 2.50 bits per heavy atom. The van der Waals surface area contributed by atoms with Crippen LogP contribution in [0.4, 0.5) is 5.69 Å². The fourth-order valence-corrected chi connectivity index (χ4v) is 4.77. The van der Waals surface area contributed by atoms with Gasteiger partial charge in [0, 0.05) is 61.3 Å². The summed E-state index contributed by atoms with van der Waals surface area (Å²) in [5, 5.41) is 13.6. The van der Waals surface area contributed by atoms with Crippen LogP contribution in [-0.2, 0) is 9.53 Å². The standard InChI is InChI=1S/C20H29N3O3/c1-19(4-10-23(11-5-19)15-2-8-21-9-3-15)18(25)22-16-14-17(24)20(16)6-12-26-13-7-20/h2-3,8-9,16-17,24H,4-7,10-14H2,1H3,(H,22,25)/t16-,17-/m1/s1. The summed E-state index contributed by atoms with van der Waals surface area (Å²) < 4.78 is 5.46. The molecule has 0 radical (unpaired) electrons. The summed E-state index contributed by atoms with van der Waals surface area (Å²) >= 11 is 0. The molecule has 1 spiro atoms. The van der Waals surface area contributed by atoms with Gasteiger partial charge in [-0.05, 0) is 44.2 Å². The molecule has 1 amide bonds. The molecule has 2 aliphatic heterocycles. The lowest BCUT2D eigenvalue weighted by atomic mass is 9.57. The van der Waals surface area contributed by atoms with Gasteiger partial charge in [0.1, 0.15) is 0 Å². The third-order valence-electron chi connectivity index (χ3n) is 6.99. The number of rotatable bonds is 3. The van der Waals surface area contributed by atoms with Crippen LogP contribution < -0.4 is 10.2 Å².